The molecule has 0 aliphatic carbocycles. The number of aromatic hydroxyl groups is 1. The molecule has 0 radical (unpaired) electrons. The van der Waals surface area contributed by atoms with Crippen LogP contribution in [-0.2, 0) is 4.79 Å². The molecule has 2 rings (SSSR count). The molecule has 7 heteroatoms. The van der Waals surface area contributed by atoms with Crippen molar-refractivity contribution in [2.45, 2.75) is 0 Å². The van der Waals surface area contributed by atoms with Gasteiger partial charge in [-0.1, -0.05) is 6.07 Å². The summed E-state index contributed by atoms with van der Waals surface area (Å²) in [5.41, 5.74) is 1.37. The standard InChI is InChI=1S/C20H19N3O4/c1-23(2)20(26)14-5-7-16(8-6-14)22-19(25)15(12-21)10-13-4-9-17(24)18(11-13)27-3/h4-11,24H,1-3H3,(H,22,25)/b15-10+. The van der Waals surface area contributed by atoms with E-state index >= 15 is 0 Å². The fourth-order valence-electron chi connectivity index (χ4n) is 2.25. The Hall–Kier alpha value is -3.79. The number of hydrogen-bond donors (Lipinski definition) is 2. The number of anilines is 1. The number of carbonyl (C=O) groups excluding carboxylic acids is 2. The van der Waals surface area contributed by atoms with E-state index in [1.165, 1.54) is 30.2 Å². The van der Waals surface area contributed by atoms with Crippen molar-refractivity contribution in [3.63, 3.8) is 0 Å². The minimum Gasteiger partial charge on any atom is -0.504 e. The summed E-state index contributed by atoms with van der Waals surface area (Å²) >= 11 is 0. The third kappa shape index (κ3) is 4.86. The summed E-state index contributed by atoms with van der Waals surface area (Å²) in [5, 5.41) is 21.5. The third-order valence-corrected chi connectivity index (χ3v) is 3.68. The van der Waals surface area contributed by atoms with Gasteiger partial charge in [0.15, 0.2) is 11.5 Å². The van der Waals surface area contributed by atoms with Gasteiger partial charge in [-0.05, 0) is 48.0 Å². The first-order valence-electron chi connectivity index (χ1n) is 7.97. The first-order valence-corrected chi connectivity index (χ1v) is 7.97. The average Bonchev–Trinajstić information content (AvgIpc) is 2.67. The molecule has 0 heterocycles. The van der Waals surface area contributed by atoms with Crippen LogP contribution in [0.1, 0.15) is 15.9 Å². The number of rotatable bonds is 5. The molecule has 0 fully saturated rings. The Morgan fingerprint density at radius 1 is 1.19 bits per heavy atom. The van der Waals surface area contributed by atoms with E-state index in [-0.39, 0.29) is 23.0 Å². The van der Waals surface area contributed by atoms with Gasteiger partial charge in [0, 0.05) is 25.3 Å². The zero-order valence-electron chi connectivity index (χ0n) is 15.2. The molecule has 0 unspecified atom stereocenters. The number of benzene rings is 2. The predicted octanol–water partition coefficient (Wildman–Crippen LogP) is 2.65. The van der Waals surface area contributed by atoms with Crippen molar-refractivity contribution in [3.05, 3.63) is 59.2 Å². The van der Waals surface area contributed by atoms with Crippen LogP contribution >= 0.6 is 0 Å². The van der Waals surface area contributed by atoms with E-state index in [0.717, 1.165) is 0 Å². The van der Waals surface area contributed by atoms with Crippen molar-refractivity contribution in [2.24, 2.45) is 0 Å². The van der Waals surface area contributed by atoms with Gasteiger partial charge in [-0.15, -0.1) is 0 Å². The fraction of sp³-hybridized carbons (Fsp3) is 0.150. The molecule has 0 aliphatic rings. The van der Waals surface area contributed by atoms with E-state index in [0.29, 0.717) is 16.8 Å². The molecule has 2 amide bonds. The maximum atomic E-state index is 12.3. The molecule has 2 aromatic carbocycles. The fourth-order valence-corrected chi connectivity index (χ4v) is 2.25. The van der Waals surface area contributed by atoms with Gasteiger partial charge in [-0.25, -0.2) is 0 Å². The maximum Gasteiger partial charge on any atom is 0.266 e. The number of nitrogens with one attached hydrogen (secondary N) is 1. The van der Waals surface area contributed by atoms with Crippen LogP contribution < -0.4 is 10.1 Å². The molecule has 0 bridgehead atoms. The summed E-state index contributed by atoms with van der Waals surface area (Å²) in [6.45, 7) is 0. The van der Waals surface area contributed by atoms with Crippen molar-refractivity contribution >= 4 is 23.6 Å². The van der Waals surface area contributed by atoms with Crippen LogP contribution in [-0.4, -0.2) is 43.0 Å². The minimum atomic E-state index is -0.587. The highest BCUT2D eigenvalue weighted by atomic mass is 16.5. The van der Waals surface area contributed by atoms with Crippen LogP contribution in [0, 0.1) is 11.3 Å². The van der Waals surface area contributed by atoms with Gasteiger partial charge in [0.05, 0.1) is 7.11 Å². The summed E-state index contributed by atoms with van der Waals surface area (Å²) in [5.74, 6) is -0.532. The highest BCUT2D eigenvalue weighted by Crippen LogP contribution is 2.27. The van der Waals surface area contributed by atoms with E-state index in [1.54, 1.807) is 44.4 Å². The number of methoxy groups -OCH3 is 1. The molecule has 7 nitrogen and oxygen atoms in total. The van der Waals surface area contributed by atoms with Crippen molar-refractivity contribution in [1.82, 2.24) is 4.90 Å². The van der Waals surface area contributed by atoms with Crippen LogP contribution in [0.15, 0.2) is 48.0 Å². The molecule has 2 N–H and O–H groups in total. The van der Waals surface area contributed by atoms with Crippen molar-refractivity contribution in [3.8, 4) is 17.6 Å². The molecule has 0 aliphatic heterocycles. The monoisotopic (exact) mass is 365 g/mol. The highest BCUT2D eigenvalue weighted by Gasteiger charge is 2.12. The summed E-state index contributed by atoms with van der Waals surface area (Å²) in [6, 6.07) is 12.7. The Kier molecular flexibility index (Phi) is 6.18. The summed E-state index contributed by atoms with van der Waals surface area (Å²) < 4.78 is 5.01. The van der Waals surface area contributed by atoms with Gasteiger partial charge in [0.2, 0.25) is 0 Å². The van der Waals surface area contributed by atoms with E-state index in [9.17, 15) is 20.0 Å². The topological polar surface area (TPSA) is 103 Å². The van der Waals surface area contributed by atoms with E-state index < -0.39 is 5.91 Å². The third-order valence-electron chi connectivity index (χ3n) is 3.68. The lowest BCUT2D eigenvalue weighted by Crippen LogP contribution is -2.21. The Morgan fingerprint density at radius 2 is 1.85 bits per heavy atom. The molecule has 138 valence electrons. The Bertz CT molecular complexity index is 925. The Labute approximate surface area is 157 Å². The number of nitrogens with zero attached hydrogens (tertiary/aromatic N) is 2. The van der Waals surface area contributed by atoms with Gasteiger partial charge < -0.3 is 20.1 Å². The number of hydrogen-bond acceptors (Lipinski definition) is 5. The van der Waals surface area contributed by atoms with Gasteiger partial charge >= 0.3 is 0 Å². The molecular weight excluding hydrogens is 346 g/mol. The number of ether oxygens (including phenoxy) is 1. The minimum absolute atomic E-state index is 0.0371. The SMILES string of the molecule is COc1cc(/C=C(\C#N)C(=O)Nc2ccc(C(=O)N(C)C)cc2)ccc1O. The maximum absolute atomic E-state index is 12.3. The average molecular weight is 365 g/mol. The first kappa shape index (κ1) is 19.5. The number of amides is 2. The van der Waals surface area contributed by atoms with E-state index in [4.69, 9.17) is 4.74 Å². The molecule has 0 atom stereocenters. The number of carbonyl (C=O) groups is 2. The van der Waals surface area contributed by atoms with Gasteiger partial charge in [-0.2, -0.15) is 5.26 Å². The number of nitriles is 1. The second kappa shape index (κ2) is 8.54. The molecule has 0 saturated carbocycles. The number of phenolic OH excluding ortho intramolecular Hbond substituents is 1. The summed E-state index contributed by atoms with van der Waals surface area (Å²) in [4.78, 5) is 25.7. The predicted molar refractivity (Wildman–Crippen MR) is 101 cm³/mol. The molecule has 0 saturated heterocycles. The van der Waals surface area contributed by atoms with Crippen LogP contribution in [0.4, 0.5) is 5.69 Å². The molecule has 0 aromatic heterocycles. The second-order valence-corrected chi connectivity index (χ2v) is 5.83. The Balaban J connectivity index is 2.18. The lowest BCUT2D eigenvalue weighted by molar-refractivity contribution is -0.112. The summed E-state index contributed by atoms with van der Waals surface area (Å²) in [7, 11) is 4.71. The zero-order valence-corrected chi connectivity index (χ0v) is 15.2. The lowest BCUT2D eigenvalue weighted by Gasteiger charge is -2.11. The second-order valence-electron chi connectivity index (χ2n) is 5.83. The molecule has 0 spiro atoms. The van der Waals surface area contributed by atoms with Crippen molar-refractivity contribution in [2.75, 3.05) is 26.5 Å². The summed E-state index contributed by atoms with van der Waals surface area (Å²) in [6.07, 6.45) is 1.39. The molecule has 27 heavy (non-hydrogen) atoms. The van der Waals surface area contributed by atoms with Crippen molar-refractivity contribution < 1.29 is 19.4 Å². The highest BCUT2D eigenvalue weighted by molar-refractivity contribution is 6.09. The van der Waals surface area contributed by atoms with Crippen LogP contribution in [0.5, 0.6) is 11.5 Å². The largest absolute Gasteiger partial charge is 0.504 e. The smallest absolute Gasteiger partial charge is 0.266 e. The van der Waals surface area contributed by atoms with Gasteiger partial charge in [0.25, 0.3) is 11.8 Å². The Morgan fingerprint density at radius 3 is 2.41 bits per heavy atom. The van der Waals surface area contributed by atoms with E-state index in [2.05, 4.69) is 5.32 Å². The zero-order chi connectivity index (χ0) is 20.0. The van der Waals surface area contributed by atoms with Crippen LogP contribution in [0.25, 0.3) is 6.08 Å². The molecule has 2 aromatic rings. The first-order chi connectivity index (χ1) is 12.8. The van der Waals surface area contributed by atoms with Gasteiger partial charge in [-0.3, -0.25) is 9.59 Å². The van der Waals surface area contributed by atoms with Crippen LogP contribution in [0.3, 0.4) is 0 Å². The lowest BCUT2D eigenvalue weighted by atomic mass is 10.1. The van der Waals surface area contributed by atoms with Gasteiger partial charge in [0.1, 0.15) is 11.6 Å². The normalized spacial score (nSPS) is 10.7. The number of phenols is 1. The van der Waals surface area contributed by atoms with E-state index in [1.807, 2.05) is 6.07 Å². The van der Waals surface area contributed by atoms with Crippen molar-refractivity contribution in [1.29, 1.82) is 5.26 Å². The van der Waals surface area contributed by atoms with Crippen LogP contribution in [0.2, 0.25) is 0 Å². The molecular formula is C20H19N3O4. The quantitative estimate of drug-likeness (QED) is 0.626.